The van der Waals surface area contributed by atoms with Crippen LogP contribution in [0.3, 0.4) is 0 Å². The van der Waals surface area contributed by atoms with Crippen molar-refractivity contribution in [1.82, 2.24) is 10.2 Å². The minimum atomic E-state index is -0.344. The molecule has 1 aliphatic heterocycles. The fourth-order valence-corrected chi connectivity index (χ4v) is 4.23. The lowest BCUT2D eigenvalue weighted by atomic mass is 10.1. The molecule has 0 aliphatic carbocycles. The molecule has 3 N–H and O–H groups in total. The first-order chi connectivity index (χ1) is 18.9. The number of methoxy groups -OCH3 is 1. The van der Waals surface area contributed by atoms with E-state index in [1.165, 1.54) is 12.1 Å². The van der Waals surface area contributed by atoms with Crippen molar-refractivity contribution >= 4 is 34.9 Å². The first-order valence-electron chi connectivity index (χ1n) is 12.8. The Hall–Kier alpha value is -4.60. The molecule has 0 radical (unpaired) electrons. The zero-order valence-corrected chi connectivity index (χ0v) is 22.0. The lowest BCUT2D eigenvalue weighted by Gasteiger charge is -2.37. The van der Waals surface area contributed by atoms with Gasteiger partial charge in [-0.05, 0) is 60.2 Å². The summed E-state index contributed by atoms with van der Waals surface area (Å²) in [6.07, 6.45) is 0.314. The van der Waals surface area contributed by atoms with E-state index in [9.17, 15) is 18.8 Å². The number of benzene rings is 3. The van der Waals surface area contributed by atoms with Gasteiger partial charge in [-0.25, -0.2) is 9.18 Å². The minimum Gasteiger partial charge on any atom is -0.497 e. The predicted octanol–water partition coefficient (Wildman–Crippen LogP) is 4.47. The van der Waals surface area contributed by atoms with Crippen LogP contribution in [0.2, 0.25) is 0 Å². The molecule has 1 aliphatic rings. The van der Waals surface area contributed by atoms with Crippen LogP contribution in [0, 0.1) is 5.82 Å². The normalized spacial score (nSPS) is 13.0. The highest BCUT2D eigenvalue weighted by Crippen LogP contribution is 2.26. The van der Waals surface area contributed by atoms with Gasteiger partial charge in [0.2, 0.25) is 5.91 Å². The van der Waals surface area contributed by atoms with Gasteiger partial charge in [0.05, 0.1) is 12.7 Å². The van der Waals surface area contributed by atoms with Crippen molar-refractivity contribution < 1.29 is 23.5 Å². The first-order valence-corrected chi connectivity index (χ1v) is 12.8. The van der Waals surface area contributed by atoms with Crippen LogP contribution in [0.1, 0.15) is 29.3 Å². The number of piperazine rings is 1. The average Bonchev–Trinajstić information content (AvgIpc) is 2.97. The van der Waals surface area contributed by atoms with Gasteiger partial charge in [0.1, 0.15) is 11.6 Å². The molecule has 0 spiro atoms. The Morgan fingerprint density at radius 3 is 2.18 bits per heavy atom. The number of carbonyl (C=O) groups is 3. The standard InChI is InChI=1S/C29H32FN5O4/c1-3-27(36)32-23-10-13-26(25(18-23)28(37)31-19-20-4-6-21(30)7-5-20)34-14-16-35(17-15-34)29(38)33-22-8-11-24(39-2)12-9-22/h4-13,18H,3,14-17,19H2,1-2H3,(H,31,37)(H,32,36)(H,33,38). The Labute approximate surface area is 226 Å². The molecule has 1 saturated heterocycles. The van der Waals surface area contributed by atoms with E-state index in [-0.39, 0.29) is 30.2 Å². The number of anilines is 3. The summed E-state index contributed by atoms with van der Waals surface area (Å²) in [7, 11) is 1.59. The number of urea groups is 1. The van der Waals surface area contributed by atoms with Crippen molar-refractivity contribution in [2.24, 2.45) is 0 Å². The van der Waals surface area contributed by atoms with Crippen LogP contribution in [0.15, 0.2) is 66.7 Å². The molecular formula is C29H32FN5O4. The number of carbonyl (C=O) groups excluding carboxylic acids is 3. The molecule has 4 amide bonds. The number of hydrogen-bond acceptors (Lipinski definition) is 5. The largest absolute Gasteiger partial charge is 0.497 e. The molecule has 1 fully saturated rings. The van der Waals surface area contributed by atoms with Gasteiger partial charge in [-0.3, -0.25) is 9.59 Å². The maximum absolute atomic E-state index is 13.3. The fourth-order valence-electron chi connectivity index (χ4n) is 4.23. The van der Waals surface area contributed by atoms with Crippen LogP contribution in [0.4, 0.5) is 26.2 Å². The number of nitrogens with one attached hydrogen (secondary N) is 3. The fraction of sp³-hybridized carbons (Fsp3) is 0.276. The van der Waals surface area contributed by atoms with Gasteiger partial charge < -0.3 is 30.5 Å². The first kappa shape index (κ1) is 27.4. The van der Waals surface area contributed by atoms with E-state index < -0.39 is 0 Å². The highest BCUT2D eigenvalue weighted by molar-refractivity contribution is 6.02. The van der Waals surface area contributed by atoms with Crippen molar-refractivity contribution in [3.8, 4) is 5.75 Å². The molecule has 39 heavy (non-hydrogen) atoms. The third kappa shape index (κ3) is 7.25. The van der Waals surface area contributed by atoms with E-state index in [0.29, 0.717) is 61.0 Å². The number of amides is 4. The summed E-state index contributed by atoms with van der Waals surface area (Å²) in [4.78, 5) is 41.8. The van der Waals surface area contributed by atoms with Crippen molar-refractivity contribution in [2.75, 3.05) is 48.8 Å². The molecule has 10 heteroatoms. The Balaban J connectivity index is 1.44. The molecule has 0 unspecified atom stereocenters. The maximum Gasteiger partial charge on any atom is 0.321 e. The second-order valence-corrected chi connectivity index (χ2v) is 9.08. The number of halogens is 1. The van der Waals surface area contributed by atoms with E-state index >= 15 is 0 Å². The summed E-state index contributed by atoms with van der Waals surface area (Å²) in [5, 5.41) is 8.59. The topological polar surface area (TPSA) is 103 Å². The summed E-state index contributed by atoms with van der Waals surface area (Å²) in [6.45, 7) is 3.96. The zero-order chi connectivity index (χ0) is 27.8. The van der Waals surface area contributed by atoms with Crippen LogP contribution in [0.25, 0.3) is 0 Å². The quantitative estimate of drug-likeness (QED) is 0.397. The van der Waals surface area contributed by atoms with Crippen LogP contribution in [-0.4, -0.2) is 56.0 Å². The van der Waals surface area contributed by atoms with Crippen molar-refractivity contribution in [3.05, 3.63) is 83.7 Å². The van der Waals surface area contributed by atoms with E-state index in [4.69, 9.17) is 4.74 Å². The number of ether oxygens (including phenoxy) is 1. The van der Waals surface area contributed by atoms with Gasteiger partial charge in [-0.15, -0.1) is 0 Å². The summed E-state index contributed by atoms with van der Waals surface area (Å²) < 4.78 is 18.4. The van der Waals surface area contributed by atoms with E-state index in [0.717, 1.165) is 5.56 Å². The Kier molecular flexibility index (Phi) is 8.98. The lowest BCUT2D eigenvalue weighted by molar-refractivity contribution is -0.115. The molecule has 0 aromatic heterocycles. The Morgan fingerprint density at radius 1 is 0.872 bits per heavy atom. The summed E-state index contributed by atoms with van der Waals surface area (Å²) in [5.41, 5.74) is 3.07. The number of hydrogen-bond donors (Lipinski definition) is 3. The zero-order valence-electron chi connectivity index (χ0n) is 22.0. The van der Waals surface area contributed by atoms with E-state index in [1.54, 1.807) is 67.5 Å². The van der Waals surface area contributed by atoms with Gasteiger partial charge in [-0.1, -0.05) is 19.1 Å². The second kappa shape index (κ2) is 12.8. The monoisotopic (exact) mass is 533 g/mol. The summed E-state index contributed by atoms with van der Waals surface area (Å²) >= 11 is 0. The van der Waals surface area contributed by atoms with E-state index in [1.807, 2.05) is 6.07 Å². The third-order valence-electron chi connectivity index (χ3n) is 6.46. The minimum absolute atomic E-state index is 0.156. The second-order valence-electron chi connectivity index (χ2n) is 9.08. The lowest BCUT2D eigenvalue weighted by Crippen LogP contribution is -2.50. The molecule has 4 rings (SSSR count). The number of nitrogens with zero attached hydrogens (tertiary/aromatic N) is 2. The molecule has 0 atom stereocenters. The molecular weight excluding hydrogens is 501 g/mol. The highest BCUT2D eigenvalue weighted by atomic mass is 19.1. The van der Waals surface area contributed by atoms with Gasteiger partial charge in [0, 0.05) is 56.2 Å². The summed E-state index contributed by atoms with van der Waals surface area (Å²) in [5.74, 6) is -0.110. The molecule has 0 saturated carbocycles. The van der Waals surface area contributed by atoms with E-state index in [2.05, 4.69) is 20.9 Å². The molecule has 204 valence electrons. The molecule has 0 bridgehead atoms. The van der Waals surface area contributed by atoms with Gasteiger partial charge >= 0.3 is 6.03 Å². The van der Waals surface area contributed by atoms with Crippen LogP contribution >= 0.6 is 0 Å². The smallest absolute Gasteiger partial charge is 0.321 e. The molecule has 3 aromatic rings. The van der Waals surface area contributed by atoms with Crippen molar-refractivity contribution in [3.63, 3.8) is 0 Å². The van der Waals surface area contributed by atoms with Gasteiger partial charge in [0.15, 0.2) is 0 Å². The highest BCUT2D eigenvalue weighted by Gasteiger charge is 2.25. The SMILES string of the molecule is CCC(=O)Nc1ccc(N2CCN(C(=O)Nc3ccc(OC)cc3)CC2)c(C(=O)NCc2ccc(F)cc2)c1. The Bertz CT molecular complexity index is 1310. The molecule has 3 aromatic carbocycles. The number of rotatable bonds is 8. The van der Waals surface area contributed by atoms with Crippen LogP contribution in [0.5, 0.6) is 5.75 Å². The predicted molar refractivity (Wildman–Crippen MR) is 149 cm³/mol. The van der Waals surface area contributed by atoms with Crippen molar-refractivity contribution in [1.29, 1.82) is 0 Å². The average molecular weight is 534 g/mol. The third-order valence-corrected chi connectivity index (χ3v) is 6.46. The van der Waals surface area contributed by atoms with Crippen molar-refractivity contribution in [2.45, 2.75) is 19.9 Å². The van der Waals surface area contributed by atoms with Gasteiger partial charge in [0.25, 0.3) is 5.91 Å². The summed E-state index contributed by atoms with van der Waals surface area (Å²) in [6, 6.07) is 18.1. The maximum atomic E-state index is 13.3. The van der Waals surface area contributed by atoms with Gasteiger partial charge in [-0.2, -0.15) is 0 Å². The molecule has 9 nitrogen and oxygen atoms in total. The van der Waals surface area contributed by atoms with Crippen LogP contribution < -0.4 is 25.6 Å². The Morgan fingerprint density at radius 2 is 1.54 bits per heavy atom. The molecule has 1 heterocycles. The van der Waals surface area contributed by atoms with Crippen LogP contribution in [-0.2, 0) is 11.3 Å².